The first-order chi connectivity index (χ1) is 12.9. The van der Waals surface area contributed by atoms with E-state index in [0.29, 0.717) is 17.1 Å². The zero-order chi connectivity index (χ0) is 19.4. The van der Waals surface area contributed by atoms with Gasteiger partial charge in [-0.25, -0.2) is 4.79 Å². The molecule has 0 aliphatic carbocycles. The highest BCUT2D eigenvalue weighted by atomic mass is 16.5. The van der Waals surface area contributed by atoms with Crippen LogP contribution in [0.3, 0.4) is 0 Å². The first-order valence-electron chi connectivity index (χ1n) is 8.44. The van der Waals surface area contributed by atoms with Gasteiger partial charge in [0.1, 0.15) is 11.8 Å². The van der Waals surface area contributed by atoms with E-state index in [0.717, 1.165) is 5.56 Å². The lowest BCUT2D eigenvalue weighted by Gasteiger charge is -2.24. The lowest BCUT2D eigenvalue weighted by Crippen LogP contribution is -2.47. The maximum Gasteiger partial charge on any atom is 0.312 e. The van der Waals surface area contributed by atoms with Crippen molar-refractivity contribution in [1.82, 2.24) is 5.32 Å². The smallest absolute Gasteiger partial charge is 0.312 e. The average molecular weight is 368 g/mol. The first-order valence-corrected chi connectivity index (χ1v) is 8.44. The Hall–Kier alpha value is -3.55. The Bertz CT molecular complexity index is 869. The molecule has 8 nitrogen and oxygen atoms in total. The van der Waals surface area contributed by atoms with Crippen molar-refractivity contribution < 1.29 is 19.1 Å². The van der Waals surface area contributed by atoms with Crippen LogP contribution in [0, 0.1) is 0 Å². The number of urea groups is 1. The van der Waals surface area contributed by atoms with Crippen LogP contribution in [0.25, 0.3) is 0 Å². The van der Waals surface area contributed by atoms with Crippen LogP contribution in [0.15, 0.2) is 48.5 Å². The molecule has 0 spiro atoms. The normalized spacial score (nSPS) is 16.3. The number of fused-ring (bicyclic) bond motifs is 1. The van der Waals surface area contributed by atoms with Crippen LogP contribution in [-0.4, -0.2) is 30.0 Å². The second kappa shape index (κ2) is 7.77. The predicted octanol–water partition coefficient (Wildman–Crippen LogP) is 1.62. The summed E-state index contributed by atoms with van der Waals surface area (Å²) in [6.45, 7) is 1.65. The number of carbonyl (C=O) groups excluding carboxylic acids is 3. The van der Waals surface area contributed by atoms with E-state index in [-0.39, 0.29) is 12.3 Å². The topological polar surface area (TPSA) is 123 Å². The van der Waals surface area contributed by atoms with Gasteiger partial charge in [0.2, 0.25) is 5.91 Å². The van der Waals surface area contributed by atoms with Gasteiger partial charge in [-0.15, -0.1) is 0 Å². The molecule has 4 amide bonds. The molecule has 2 atom stereocenters. The lowest BCUT2D eigenvalue weighted by molar-refractivity contribution is -0.122. The molecule has 1 heterocycles. The van der Waals surface area contributed by atoms with Gasteiger partial charge >= 0.3 is 6.03 Å². The summed E-state index contributed by atoms with van der Waals surface area (Å²) in [6, 6.07) is 12.6. The lowest BCUT2D eigenvalue weighted by atomic mass is 10.1. The van der Waals surface area contributed by atoms with Crippen LogP contribution in [0.2, 0.25) is 0 Å². The highest BCUT2D eigenvalue weighted by Crippen LogP contribution is 2.32. The second-order valence-corrected chi connectivity index (χ2v) is 6.20. The number of rotatable bonds is 5. The van der Waals surface area contributed by atoms with Crippen molar-refractivity contribution in [3.05, 3.63) is 54.1 Å². The van der Waals surface area contributed by atoms with Crippen molar-refractivity contribution in [3.63, 3.8) is 0 Å². The van der Waals surface area contributed by atoms with Gasteiger partial charge in [0.25, 0.3) is 5.91 Å². The highest BCUT2D eigenvalue weighted by molar-refractivity contribution is 6.00. The molecule has 0 bridgehead atoms. The van der Waals surface area contributed by atoms with Crippen LogP contribution in [-0.2, 0) is 16.0 Å². The molecule has 0 saturated heterocycles. The fraction of sp³-hybridized carbons (Fsp3) is 0.211. The van der Waals surface area contributed by atoms with Gasteiger partial charge < -0.3 is 26.4 Å². The average Bonchev–Trinajstić information content (AvgIpc) is 2.63. The number of hydrogen-bond acceptors (Lipinski definition) is 4. The summed E-state index contributed by atoms with van der Waals surface area (Å²) in [5, 5.41) is 7.90. The number of anilines is 2. The molecule has 140 valence electrons. The van der Waals surface area contributed by atoms with Crippen molar-refractivity contribution >= 4 is 29.2 Å². The molecule has 2 aromatic rings. The third-order valence-corrected chi connectivity index (χ3v) is 4.09. The Morgan fingerprint density at radius 3 is 2.67 bits per heavy atom. The van der Waals surface area contributed by atoms with E-state index < -0.39 is 24.1 Å². The Balaban J connectivity index is 1.74. The number of amides is 4. The van der Waals surface area contributed by atoms with E-state index in [4.69, 9.17) is 10.5 Å². The SMILES string of the molecule is CC1Oc2ccc(NC(=O)C(Cc3ccccc3)NC(N)=O)cc2NC1=O. The van der Waals surface area contributed by atoms with Gasteiger partial charge in [0.15, 0.2) is 6.10 Å². The number of nitrogens with one attached hydrogen (secondary N) is 3. The minimum Gasteiger partial charge on any atom is -0.479 e. The summed E-state index contributed by atoms with van der Waals surface area (Å²) in [5.74, 6) is -0.159. The summed E-state index contributed by atoms with van der Waals surface area (Å²) in [5.41, 5.74) is 7.02. The van der Waals surface area contributed by atoms with Crippen LogP contribution in [0.5, 0.6) is 5.75 Å². The van der Waals surface area contributed by atoms with Gasteiger partial charge in [-0.2, -0.15) is 0 Å². The van der Waals surface area contributed by atoms with E-state index in [1.165, 1.54) is 0 Å². The number of primary amides is 1. The number of ether oxygens (including phenoxy) is 1. The Labute approximate surface area is 156 Å². The maximum atomic E-state index is 12.6. The number of hydrogen-bond donors (Lipinski definition) is 4. The van der Waals surface area contributed by atoms with Crippen molar-refractivity contribution in [1.29, 1.82) is 0 Å². The fourth-order valence-corrected chi connectivity index (χ4v) is 2.75. The zero-order valence-electron chi connectivity index (χ0n) is 14.7. The van der Waals surface area contributed by atoms with Crippen LogP contribution >= 0.6 is 0 Å². The van der Waals surface area contributed by atoms with Gasteiger partial charge in [-0.3, -0.25) is 9.59 Å². The molecule has 1 aliphatic heterocycles. The summed E-state index contributed by atoms with van der Waals surface area (Å²) in [7, 11) is 0. The highest BCUT2D eigenvalue weighted by Gasteiger charge is 2.25. The molecule has 2 aromatic carbocycles. The quantitative estimate of drug-likeness (QED) is 0.640. The predicted molar refractivity (Wildman–Crippen MR) is 100 cm³/mol. The van der Waals surface area contributed by atoms with Crippen LogP contribution in [0.1, 0.15) is 12.5 Å². The van der Waals surface area contributed by atoms with Gasteiger partial charge in [0.05, 0.1) is 5.69 Å². The maximum absolute atomic E-state index is 12.6. The van der Waals surface area contributed by atoms with Crippen molar-refractivity contribution in [2.45, 2.75) is 25.5 Å². The number of benzene rings is 2. The second-order valence-electron chi connectivity index (χ2n) is 6.20. The molecule has 2 unspecified atom stereocenters. The summed E-state index contributed by atoms with van der Waals surface area (Å²) < 4.78 is 5.48. The molecule has 0 saturated carbocycles. The Kier molecular flexibility index (Phi) is 5.25. The summed E-state index contributed by atoms with van der Waals surface area (Å²) in [6.07, 6.45) is -0.286. The van der Waals surface area contributed by atoms with Gasteiger partial charge in [-0.1, -0.05) is 30.3 Å². The molecule has 3 rings (SSSR count). The Morgan fingerprint density at radius 1 is 1.22 bits per heavy atom. The molecule has 5 N–H and O–H groups in total. The molecular formula is C19H20N4O4. The van der Waals surface area contributed by atoms with Crippen molar-refractivity contribution in [2.24, 2.45) is 5.73 Å². The number of nitrogens with two attached hydrogens (primary N) is 1. The van der Waals surface area contributed by atoms with Crippen molar-refractivity contribution in [2.75, 3.05) is 10.6 Å². The first kappa shape index (κ1) is 18.2. The van der Waals surface area contributed by atoms with E-state index in [1.54, 1.807) is 25.1 Å². The van der Waals surface area contributed by atoms with Gasteiger partial charge in [0, 0.05) is 12.1 Å². The molecule has 27 heavy (non-hydrogen) atoms. The summed E-state index contributed by atoms with van der Waals surface area (Å²) in [4.78, 5) is 35.7. The molecule has 0 radical (unpaired) electrons. The molecule has 1 aliphatic rings. The van der Waals surface area contributed by atoms with E-state index in [9.17, 15) is 14.4 Å². The van der Waals surface area contributed by atoms with E-state index in [2.05, 4.69) is 16.0 Å². The number of carbonyl (C=O) groups is 3. The molecule has 0 fully saturated rings. The van der Waals surface area contributed by atoms with Crippen molar-refractivity contribution in [3.8, 4) is 5.75 Å². The van der Waals surface area contributed by atoms with Crippen LogP contribution in [0.4, 0.5) is 16.2 Å². The fourth-order valence-electron chi connectivity index (χ4n) is 2.75. The van der Waals surface area contributed by atoms with E-state index >= 15 is 0 Å². The minimum absolute atomic E-state index is 0.261. The third-order valence-electron chi connectivity index (χ3n) is 4.09. The molecule has 8 heteroatoms. The Morgan fingerprint density at radius 2 is 1.96 bits per heavy atom. The van der Waals surface area contributed by atoms with E-state index in [1.807, 2.05) is 30.3 Å². The summed E-state index contributed by atoms with van der Waals surface area (Å²) >= 11 is 0. The van der Waals surface area contributed by atoms with Crippen LogP contribution < -0.4 is 26.4 Å². The minimum atomic E-state index is -0.841. The monoisotopic (exact) mass is 368 g/mol. The molecule has 0 aromatic heterocycles. The third kappa shape index (κ3) is 4.55. The van der Waals surface area contributed by atoms with Gasteiger partial charge in [-0.05, 0) is 30.7 Å². The zero-order valence-corrected chi connectivity index (χ0v) is 14.7. The largest absolute Gasteiger partial charge is 0.479 e. The standard InChI is InChI=1S/C19H20N4O4/c1-11-17(24)22-14-10-13(7-8-16(14)27-11)21-18(25)15(23-19(20)26)9-12-5-3-2-4-6-12/h2-8,10-11,15H,9H2,1H3,(H,21,25)(H,22,24)(H3,20,23,26). The molecular weight excluding hydrogens is 348 g/mol.